The predicted molar refractivity (Wildman–Crippen MR) is 108 cm³/mol. The number of nitrogens with one attached hydrogen (secondary N) is 1. The van der Waals surface area contributed by atoms with Crippen LogP contribution in [-0.4, -0.2) is 33.0 Å². The zero-order valence-corrected chi connectivity index (χ0v) is 16.7. The summed E-state index contributed by atoms with van der Waals surface area (Å²) in [5, 5.41) is 12.2. The van der Waals surface area contributed by atoms with Crippen molar-refractivity contribution >= 4 is 35.0 Å². The highest BCUT2D eigenvalue weighted by molar-refractivity contribution is 8.00. The Bertz CT molecular complexity index is 960. The van der Waals surface area contributed by atoms with Crippen LogP contribution in [0.1, 0.15) is 6.92 Å². The van der Waals surface area contributed by atoms with E-state index >= 15 is 0 Å². The van der Waals surface area contributed by atoms with Crippen molar-refractivity contribution in [2.75, 3.05) is 12.4 Å². The minimum absolute atomic E-state index is 0.135. The van der Waals surface area contributed by atoms with Gasteiger partial charge in [0.15, 0.2) is 11.0 Å². The third kappa shape index (κ3) is 4.43. The van der Waals surface area contributed by atoms with Gasteiger partial charge in [-0.3, -0.25) is 4.79 Å². The third-order valence-corrected chi connectivity index (χ3v) is 5.30. The van der Waals surface area contributed by atoms with Crippen LogP contribution in [0.15, 0.2) is 53.7 Å². The van der Waals surface area contributed by atoms with Gasteiger partial charge in [-0.05, 0) is 37.3 Å². The number of carbonyl (C=O) groups is 1. The second-order valence-corrected chi connectivity index (χ2v) is 7.57. The summed E-state index contributed by atoms with van der Waals surface area (Å²) < 4.78 is 7.25. The van der Waals surface area contributed by atoms with E-state index in [1.165, 1.54) is 11.8 Å². The maximum Gasteiger partial charge on any atom is 0.237 e. The highest BCUT2D eigenvalue weighted by Crippen LogP contribution is 2.31. The maximum absolute atomic E-state index is 12.5. The van der Waals surface area contributed by atoms with Crippen molar-refractivity contribution in [2.24, 2.45) is 7.05 Å². The molecule has 0 unspecified atom stereocenters. The smallest absolute Gasteiger partial charge is 0.237 e. The molecule has 0 bridgehead atoms. The normalized spacial score (nSPS) is 11.9. The average Bonchev–Trinajstić information content (AvgIpc) is 3.02. The standard InChI is InChI=1S/C19H19ClN4O2S/c1-12(18(25)21-14-8-6-7-13(20)11-14)27-19-23-22-17(24(19)2)15-9-4-5-10-16(15)26-3/h4-12H,1-3H3,(H,21,25)/t12-/m0/s1. The second kappa shape index (κ2) is 8.45. The van der Waals surface area contributed by atoms with Crippen LogP contribution in [-0.2, 0) is 11.8 Å². The molecular weight excluding hydrogens is 384 g/mol. The fourth-order valence-electron chi connectivity index (χ4n) is 2.50. The van der Waals surface area contributed by atoms with Gasteiger partial charge in [0.05, 0.1) is 17.9 Å². The van der Waals surface area contributed by atoms with Crippen LogP contribution >= 0.6 is 23.4 Å². The first kappa shape index (κ1) is 19.3. The fourth-order valence-corrected chi connectivity index (χ4v) is 3.51. The van der Waals surface area contributed by atoms with Crippen molar-refractivity contribution in [2.45, 2.75) is 17.3 Å². The number of benzene rings is 2. The van der Waals surface area contributed by atoms with Gasteiger partial charge >= 0.3 is 0 Å². The van der Waals surface area contributed by atoms with Crippen molar-refractivity contribution in [1.29, 1.82) is 0 Å². The van der Waals surface area contributed by atoms with E-state index in [-0.39, 0.29) is 11.2 Å². The molecule has 8 heteroatoms. The van der Waals surface area contributed by atoms with Gasteiger partial charge in [-0.25, -0.2) is 0 Å². The first-order valence-corrected chi connectivity index (χ1v) is 9.51. The number of aromatic nitrogens is 3. The summed E-state index contributed by atoms with van der Waals surface area (Å²) in [6.07, 6.45) is 0. The van der Waals surface area contributed by atoms with Gasteiger partial charge in [0.1, 0.15) is 5.75 Å². The van der Waals surface area contributed by atoms with Crippen molar-refractivity contribution < 1.29 is 9.53 Å². The van der Waals surface area contributed by atoms with Crippen molar-refractivity contribution in [3.8, 4) is 17.1 Å². The number of hydrogen-bond donors (Lipinski definition) is 1. The van der Waals surface area contributed by atoms with E-state index in [4.69, 9.17) is 16.3 Å². The number of para-hydroxylation sites is 1. The minimum Gasteiger partial charge on any atom is -0.496 e. The summed E-state index contributed by atoms with van der Waals surface area (Å²) in [4.78, 5) is 12.5. The number of hydrogen-bond acceptors (Lipinski definition) is 5. The average molecular weight is 403 g/mol. The summed E-state index contributed by atoms with van der Waals surface area (Å²) in [5.41, 5.74) is 1.51. The van der Waals surface area contributed by atoms with Gasteiger partial charge in [0, 0.05) is 17.8 Å². The highest BCUT2D eigenvalue weighted by atomic mass is 35.5. The van der Waals surface area contributed by atoms with Gasteiger partial charge in [-0.2, -0.15) is 0 Å². The number of methoxy groups -OCH3 is 1. The predicted octanol–water partition coefficient (Wildman–Crippen LogP) is 4.26. The molecule has 0 saturated carbocycles. The van der Waals surface area contributed by atoms with Crippen LogP contribution in [0.5, 0.6) is 5.75 Å². The number of thioether (sulfide) groups is 1. The van der Waals surface area contributed by atoms with Crippen molar-refractivity contribution in [1.82, 2.24) is 14.8 Å². The molecule has 27 heavy (non-hydrogen) atoms. The number of halogens is 1. The first-order valence-electron chi connectivity index (χ1n) is 8.25. The van der Waals surface area contributed by atoms with E-state index in [0.29, 0.717) is 21.7 Å². The molecule has 1 amide bonds. The third-order valence-electron chi connectivity index (χ3n) is 3.93. The molecule has 6 nitrogen and oxygen atoms in total. The Morgan fingerprint density at radius 3 is 2.74 bits per heavy atom. The van der Waals surface area contributed by atoms with Gasteiger partial charge in [-0.1, -0.05) is 41.6 Å². The Morgan fingerprint density at radius 2 is 2.00 bits per heavy atom. The lowest BCUT2D eigenvalue weighted by molar-refractivity contribution is -0.115. The molecule has 0 spiro atoms. The van der Waals surface area contributed by atoms with Crippen LogP contribution in [0.4, 0.5) is 5.69 Å². The lowest BCUT2D eigenvalue weighted by Crippen LogP contribution is -2.22. The molecule has 0 aliphatic rings. The highest BCUT2D eigenvalue weighted by Gasteiger charge is 2.20. The molecule has 0 radical (unpaired) electrons. The Balaban J connectivity index is 1.74. The van der Waals surface area contributed by atoms with E-state index in [1.54, 1.807) is 31.4 Å². The van der Waals surface area contributed by atoms with Gasteiger partial charge < -0.3 is 14.6 Å². The van der Waals surface area contributed by atoms with Crippen LogP contribution < -0.4 is 10.1 Å². The number of carbonyl (C=O) groups excluding carboxylic acids is 1. The van der Waals surface area contributed by atoms with Crippen LogP contribution in [0.3, 0.4) is 0 Å². The molecule has 0 saturated heterocycles. The molecule has 3 aromatic rings. The fraction of sp³-hybridized carbons (Fsp3) is 0.211. The zero-order valence-electron chi connectivity index (χ0n) is 15.1. The number of rotatable bonds is 6. The molecule has 0 fully saturated rings. The Morgan fingerprint density at radius 1 is 1.22 bits per heavy atom. The van der Waals surface area contributed by atoms with Gasteiger partial charge in [0.25, 0.3) is 0 Å². The molecule has 3 rings (SSSR count). The summed E-state index contributed by atoms with van der Waals surface area (Å²) in [7, 11) is 3.48. The molecule has 0 aliphatic carbocycles. The number of amides is 1. The quantitative estimate of drug-likeness (QED) is 0.624. The molecular formula is C19H19ClN4O2S. The van der Waals surface area contributed by atoms with E-state index in [2.05, 4.69) is 15.5 Å². The summed E-state index contributed by atoms with van der Waals surface area (Å²) in [6.45, 7) is 1.82. The molecule has 1 atom stereocenters. The SMILES string of the molecule is COc1ccccc1-c1nnc(S[C@@H](C)C(=O)Nc2cccc(Cl)c2)n1C. The Labute approximate surface area is 166 Å². The Kier molecular flexibility index (Phi) is 6.03. The molecule has 140 valence electrons. The number of nitrogens with zero attached hydrogens (tertiary/aromatic N) is 3. The molecule has 1 heterocycles. The van der Waals surface area contributed by atoms with E-state index in [9.17, 15) is 4.79 Å². The minimum atomic E-state index is -0.364. The lowest BCUT2D eigenvalue weighted by Gasteiger charge is -2.12. The first-order chi connectivity index (χ1) is 13.0. The summed E-state index contributed by atoms with van der Waals surface area (Å²) in [6, 6.07) is 14.7. The number of ether oxygens (including phenoxy) is 1. The lowest BCUT2D eigenvalue weighted by atomic mass is 10.2. The topological polar surface area (TPSA) is 69.0 Å². The van der Waals surface area contributed by atoms with Crippen molar-refractivity contribution in [3.05, 3.63) is 53.6 Å². The Hall–Kier alpha value is -2.51. The van der Waals surface area contributed by atoms with Crippen molar-refractivity contribution in [3.63, 3.8) is 0 Å². The van der Waals surface area contributed by atoms with E-state index in [1.807, 2.05) is 42.8 Å². The second-order valence-electron chi connectivity index (χ2n) is 5.83. The van der Waals surface area contributed by atoms with Gasteiger partial charge in [-0.15, -0.1) is 10.2 Å². The summed E-state index contributed by atoms with van der Waals surface area (Å²) >= 11 is 7.29. The van der Waals surface area contributed by atoms with Crippen LogP contribution in [0.2, 0.25) is 5.02 Å². The molecule has 2 aromatic carbocycles. The molecule has 1 N–H and O–H groups in total. The molecule has 1 aromatic heterocycles. The largest absolute Gasteiger partial charge is 0.496 e. The van der Waals surface area contributed by atoms with Crippen LogP contribution in [0.25, 0.3) is 11.4 Å². The monoisotopic (exact) mass is 402 g/mol. The molecule has 0 aliphatic heterocycles. The maximum atomic E-state index is 12.5. The zero-order chi connectivity index (χ0) is 19.4. The number of anilines is 1. The van der Waals surface area contributed by atoms with Gasteiger partial charge in [0.2, 0.25) is 5.91 Å². The summed E-state index contributed by atoms with van der Waals surface area (Å²) in [5.74, 6) is 1.26. The van der Waals surface area contributed by atoms with Crippen LogP contribution in [0, 0.1) is 0 Å². The van der Waals surface area contributed by atoms with E-state index in [0.717, 1.165) is 11.3 Å². The van der Waals surface area contributed by atoms with E-state index < -0.39 is 0 Å².